The third kappa shape index (κ3) is 3.60. The highest BCUT2D eigenvalue weighted by Crippen LogP contribution is 2.34. The number of ether oxygens (including phenoxy) is 2. The first-order valence-corrected chi connectivity index (χ1v) is 7.82. The van der Waals surface area contributed by atoms with Crippen LogP contribution in [0.15, 0.2) is 36.4 Å². The number of hydrogen-bond donors (Lipinski definition) is 0. The van der Waals surface area contributed by atoms with E-state index < -0.39 is 0 Å². The number of hydrogen-bond acceptors (Lipinski definition) is 2. The molecule has 0 amide bonds. The molecule has 0 radical (unpaired) electrons. The first-order valence-electron chi connectivity index (χ1n) is 5.94. The van der Waals surface area contributed by atoms with Gasteiger partial charge in [-0.3, -0.25) is 0 Å². The van der Waals surface area contributed by atoms with Gasteiger partial charge in [0, 0.05) is 21.5 Å². The summed E-state index contributed by atoms with van der Waals surface area (Å²) in [5.74, 6) is 1.43. The molecule has 2 aromatic carbocycles. The molecule has 0 atom stereocenters. The SMILES string of the molecule is COc1ccccc1COc1c(Cl)cc(Cl)cc1CBr. The van der Waals surface area contributed by atoms with Crippen molar-refractivity contribution in [1.82, 2.24) is 0 Å². The lowest BCUT2D eigenvalue weighted by molar-refractivity contribution is 0.295. The van der Waals surface area contributed by atoms with Gasteiger partial charge in [-0.25, -0.2) is 0 Å². The second kappa shape index (κ2) is 7.21. The Hall–Kier alpha value is -0.900. The molecule has 0 heterocycles. The Morgan fingerprint density at radius 3 is 2.55 bits per heavy atom. The van der Waals surface area contributed by atoms with Gasteiger partial charge in [-0.05, 0) is 18.2 Å². The molecule has 0 aliphatic carbocycles. The van der Waals surface area contributed by atoms with E-state index in [0.29, 0.717) is 27.7 Å². The number of para-hydroxylation sites is 1. The Kier molecular flexibility index (Phi) is 5.58. The van der Waals surface area contributed by atoms with Gasteiger partial charge in [0.1, 0.15) is 18.1 Å². The second-order valence-electron chi connectivity index (χ2n) is 4.11. The van der Waals surface area contributed by atoms with Gasteiger partial charge in [-0.1, -0.05) is 57.3 Å². The Bertz CT molecular complexity index is 602. The fraction of sp³-hybridized carbons (Fsp3) is 0.200. The third-order valence-electron chi connectivity index (χ3n) is 2.79. The van der Waals surface area contributed by atoms with Crippen LogP contribution in [0, 0.1) is 0 Å². The summed E-state index contributed by atoms with van der Waals surface area (Å²) in [5, 5.41) is 1.71. The van der Waals surface area contributed by atoms with E-state index in [2.05, 4.69) is 15.9 Å². The van der Waals surface area contributed by atoms with Crippen molar-refractivity contribution < 1.29 is 9.47 Å². The van der Waals surface area contributed by atoms with Gasteiger partial charge in [0.15, 0.2) is 0 Å². The maximum Gasteiger partial charge on any atom is 0.142 e. The standard InChI is InChI=1S/C15H13BrCl2O2/c1-19-14-5-3-2-4-10(14)9-20-15-11(8-16)6-12(17)7-13(15)18/h2-7H,8-9H2,1H3. The summed E-state index contributed by atoms with van der Waals surface area (Å²) in [6, 6.07) is 11.2. The summed E-state index contributed by atoms with van der Waals surface area (Å²) in [7, 11) is 1.64. The minimum Gasteiger partial charge on any atom is -0.496 e. The fourth-order valence-electron chi connectivity index (χ4n) is 1.85. The molecule has 106 valence electrons. The zero-order valence-corrected chi connectivity index (χ0v) is 13.9. The van der Waals surface area contributed by atoms with Crippen LogP contribution >= 0.6 is 39.1 Å². The molecule has 0 fully saturated rings. The molecule has 5 heteroatoms. The highest BCUT2D eigenvalue weighted by molar-refractivity contribution is 9.08. The van der Waals surface area contributed by atoms with Crippen LogP contribution in [0.1, 0.15) is 11.1 Å². The molecule has 20 heavy (non-hydrogen) atoms. The van der Waals surface area contributed by atoms with Crippen molar-refractivity contribution in [1.29, 1.82) is 0 Å². The molecule has 2 aromatic rings. The van der Waals surface area contributed by atoms with Crippen molar-refractivity contribution in [3.63, 3.8) is 0 Å². The van der Waals surface area contributed by atoms with Crippen molar-refractivity contribution in [2.24, 2.45) is 0 Å². The lowest BCUT2D eigenvalue weighted by Crippen LogP contribution is -2.01. The maximum atomic E-state index is 6.19. The molecule has 0 N–H and O–H groups in total. The molecule has 0 aromatic heterocycles. The van der Waals surface area contributed by atoms with Gasteiger partial charge < -0.3 is 9.47 Å². The van der Waals surface area contributed by atoms with Gasteiger partial charge in [0.2, 0.25) is 0 Å². The average molecular weight is 376 g/mol. The Balaban J connectivity index is 2.23. The number of benzene rings is 2. The van der Waals surface area contributed by atoms with Gasteiger partial charge in [0.25, 0.3) is 0 Å². The monoisotopic (exact) mass is 374 g/mol. The van der Waals surface area contributed by atoms with Crippen LogP contribution in [0.2, 0.25) is 10.0 Å². The molecule has 0 spiro atoms. The van der Waals surface area contributed by atoms with E-state index in [0.717, 1.165) is 16.9 Å². The molecule has 0 aliphatic heterocycles. The van der Waals surface area contributed by atoms with Crippen LogP contribution < -0.4 is 9.47 Å². The van der Waals surface area contributed by atoms with Gasteiger partial charge in [-0.15, -0.1) is 0 Å². The van der Waals surface area contributed by atoms with Crippen LogP contribution in [0.25, 0.3) is 0 Å². The predicted molar refractivity (Wildman–Crippen MR) is 86.4 cm³/mol. The Morgan fingerprint density at radius 2 is 1.85 bits per heavy atom. The van der Waals surface area contributed by atoms with E-state index in [1.165, 1.54) is 0 Å². The first kappa shape index (κ1) is 15.5. The van der Waals surface area contributed by atoms with E-state index in [9.17, 15) is 0 Å². The summed E-state index contributed by atoms with van der Waals surface area (Å²) >= 11 is 15.6. The lowest BCUT2D eigenvalue weighted by Gasteiger charge is -2.14. The number of alkyl halides is 1. The van der Waals surface area contributed by atoms with Gasteiger partial charge >= 0.3 is 0 Å². The second-order valence-corrected chi connectivity index (χ2v) is 5.51. The largest absolute Gasteiger partial charge is 0.496 e. The zero-order chi connectivity index (χ0) is 14.5. The molecule has 0 bridgehead atoms. The fourth-order valence-corrected chi connectivity index (χ4v) is 2.85. The minimum absolute atomic E-state index is 0.380. The van der Waals surface area contributed by atoms with Crippen LogP contribution in [0.3, 0.4) is 0 Å². The van der Waals surface area contributed by atoms with Crippen LogP contribution in [-0.2, 0) is 11.9 Å². The Labute approximate surface area is 136 Å². The van der Waals surface area contributed by atoms with Crippen molar-refractivity contribution in [3.05, 3.63) is 57.6 Å². The number of rotatable bonds is 5. The van der Waals surface area contributed by atoms with Crippen molar-refractivity contribution in [2.75, 3.05) is 7.11 Å². The summed E-state index contributed by atoms with van der Waals surface area (Å²) < 4.78 is 11.1. The highest BCUT2D eigenvalue weighted by atomic mass is 79.9. The Morgan fingerprint density at radius 1 is 1.10 bits per heavy atom. The van der Waals surface area contributed by atoms with Crippen molar-refractivity contribution >= 4 is 39.1 Å². The number of methoxy groups -OCH3 is 1. The summed E-state index contributed by atoms with van der Waals surface area (Å²) in [5.41, 5.74) is 1.87. The minimum atomic E-state index is 0.380. The van der Waals surface area contributed by atoms with E-state index in [-0.39, 0.29) is 0 Å². The third-order valence-corrected chi connectivity index (χ3v) is 3.90. The molecule has 0 unspecified atom stereocenters. The van der Waals surface area contributed by atoms with E-state index in [1.54, 1.807) is 13.2 Å². The normalized spacial score (nSPS) is 10.4. The van der Waals surface area contributed by atoms with Crippen molar-refractivity contribution in [2.45, 2.75) is 11.9 Å². The zero-order valence-electron chi connectivity index (χ0n) is 10.8. The van der Waals surface area contributed by atoms with Crippen LogP contribution in [0.5, 0.6) is 11.5 Å². The first-order chi connectivity index (χ1) is 9.65. The molecular formula is C15H13BrCl2O2. The molecule has 2 rings (SSSR count). The smallest absolute Gasteiger partial charge is 0.142 e. The van der Waals surface area contributed by atoms with Gasteiger partial charge in [-0.2, -0.15) is 0 Å². The summed E-state index contributed by atoms with van der Waals surface area (Å²) in [4.78, 5) is 0. The van der Waals surface area contributed by atoms with E-state index >= 15 is 0 Å². The molecular weight excluding hydrogens is 363 g/mol. The van der Waals surface area contributed by atoms with Crippen LogP contribution in [0.4, 0.5) is 0 Å². The quantitative estimate of drug-likeness (QED) is 0.644. The van der Waals surface area contributed by atoms with E-state index in [1.807, 2.05) is 30.3 Å². The number of halogens is 3. The lowest BCUT2D eigenvalue weighted by atomic mass is 10.2. The molecule has 2 nitrogen and oxygen atoms in total. The maximum absolute atomic E-state index is 6.19. The molecule has 0 aliphatic rings. The van der Waals surface area contributed by atoms with Gasteiger partial charge in [0.05, 0.1) is 12.1 Å². The van der Waals surface area contributed by atoms with Crippen molar-refractivity contribution in [3.8, 4) is 11.5 Å². The average Bonchev–Trinajstić information content (AvgIpc) is 2.45. The van der Waals surface area contributed by atoms with Crippen LogP contribution in [-0.4, -0.2) is 7.11 Å². The molecule has 0 saturated heterocycles. The summed E-state index contributed by atoms with van der Waals surface area (Å²) in [6.07, 6.45) is 0. The highest BCUT2D eigenvalue weighted by Gasteiger charge is 2.11. The topological polar surface area (TPSA) is 18.5 Å². The summed E-state index contributed by atoms with van der Waals surface area (Å²) in [6.45, 7) is 0.380. The predicted octanol–water partition coefficient (Wildman–Crippen LogP) is 5.48. The molecule has 0 saturated carbocycles. The van der Waals surface area contributed by atoms with E-state index in [4.69, 9.17) is 32.7 Å².